The number of ether oxygens (including phenoxy) is 2. The minimum Gasteiger partial charge on any atom is -0.388 e. The number of amidine groups is 1. The predicted molar refractivity (Wildman–Crippen MR) is 68.2 cm³/mol. The Morgan fingerprint density at radius 3 is 2.59 bits per heavy atom. The number of benzene rings is 1. The summed E-state index contributed by atoms with van der Waals surface area (Å²) in [4.78, 5) is 0. The molecule has 0 radical (unpaired) electrons. The van der Waals surface area contributed by atoms with Crippen LogP contribution >= 0.6 is 0 Å². The summed E-state index contributed by atoms with van der Waals surface area (Å²) >= 11 is 0. The Kier molecular flexibility index (Phi) is 6.29. The summed E-state index contributed by atoms with van der Waals surface area (Å²) in [7, 11) is 0. The van der Waals surface area contributed by atoms with Crippen LogP contribution in [-0.4, -0.2) is 25.7 Å². The van der Waals surface area contributed by atoms with Crippen LogP contribution < -0.4 is 5.73 Å². The van der Waals surface area contributed by atoms with Crippen molar-refractivity contribution in [2.45, 2.75) is 19.4 Å². The summed E-state index contributed by atoms with van der Waals surface area (Å²) in [5, 5.41) is 7.36. The third kappa shape index (κ3) is 5.47. The van der Waals surface area contributed by atoms with Crippen LogP contribution in [0.3, 0.4) is 0 Å². The van der Waals surface area contributed by atoms with Crippen molar-refractivity contribution in [2.75, 3.05) is 19.8 Å². The Bertz CT molecular complexity index is 327. The SMILES string of the molecule is CCOCCOC(CC(=N)N)c1ccccc1. The van der Waals surface area contributed by atoms with Crippen LogP contribution in [0.5, 0.6) is 0 Å². The van der Waals surface area contributed by atoms with E-state index in [0.717, 1.165) is 5.56 Å². The van der Waals surface area contributed by atoms with Gasteiger partial charge in [0.25, 0.3) is 0 Å². The average Bonchev–Trinajstić information content (AvgIpc) is 2.34. The molecule has 4 nitrogen and oxygen atoms in total. The van der Waals surface area contributed by atoms with Crippen LogP contribution in [0, 0.1) is 5.41 Å². The van der Waals surface area contributed by atoms with Crippen molar-refractivity contribution in [1.29, 1.82) is 5.41 Å². The number of rotatable bonds is 8. The Balaban J connectivity index is 2.52. The Hall–Kier alpha value is -1.39. The smallest absolute Gasteiger partial charge is 0.0934 e. The lowest BCUT2D eigenvalue weighted by atomic mass is 10.1. The second kappa shape index (κ2) is 7.81. The van der Waals surface area contributed by atoms with E-state index in [9.17, 15) is 0 Å². The van der Waals surface area contributed by atoms with E-state index in [2.05, 4.69) is 0 Å². The van der Waals surface area contributed by atoms with Gasteiger partial charge in [-0.1, -0.05) is 30.3 Å². The molecule has 1 unspecified atom stereocenters. The van der Waals surface area contributed by atoms with Crippen molar-refractivity contribution in [3.8, 4) is 0 Å². The molecule has 1 aromatic rings. The van der Waals surface area contributed by atoms with Crippen molar-refractivity contribution in [3.63, 3.8) is 0 Å². The van der Waals surface area contributed by atoms with Crippen molar-refractivity contribution in [2.24, 2.45) is 5.73 Å². The van der Waals surface area contributed by atoms with Crippen LogP contribution in [0.25, 0.3) is 0 Å². The molecule has 0 fully saturated rings. The van der Waals surface area contributed by atoms with Gasteiger partial charge >= 0.3 is 0 Å². The van der Waals surface area contributed by atoms with Gasteiger partial charge in [0.1, 0.15) is 0 Å². The van der Waals surface area contributed by atoms with E-state index in [1.54, 1.807) is 0 Å². The molecule has 1 atom stereocenters. The fourth-order valence-electron chi connectivity index (χ4n) is 1.53. The molecule has 3 N–H and O–H groups in total. The number of nitrogens with two attached hydrogens (primary N) is 1. The molecule has 0 aromatic heterocycles. The Morgan fingerprint density at radius 2 is 2.00 bits per heavy atom. The molecule has 0 bridgehead atoms. The topological polar surface area (TPSA) is 68.3 Å². The minimum atomic E-state index is -0.158. The molecule has 17 heavy (non-hydrogen) atoms. The average molecular weight is 236 g/mol. The van der Waals surface area contributed by atoms with E-state index in [1.165, 1.54) is 0 Å². The molecule has 0 amide bonds. The van der Waals surface area contributed by atoms with Crippen molar-refractivity contribution >= 4 is 5.84 Å². The monoisotopic (exact) mass is 236 g/mol. The molecule has 0 heterocycles. The predicted octanol–water partition coefficient (Wildman–Crippen LogP) is 2.11. The molecular formula is C13H20N2O2. The summed E-state index contributed by atoms with van der Waals surface area (Å²) in [6.45, 7) is 3.72. The highest BCUT2D eigenvalue weighted by Gasteiger charge is 2.12. The standard InChI is InChI=1S/C13H20N2O2/c1-2-16-8-9-17-12(10-13(14)15)11-6-4-3-5-7-11/h3-7,12H,2,8-10H2,1H3,(H3,14,15). The second-order valence-corrected chi connectivity index (χ2v) is 3.70. The van der Waals surface area contributed by atoms with E-state index in [0.29, 0.717) is 26.2 Å². The highest BCUT2D eigenvalue weighted by atomic mass is 16.5. The zero-order chi connectivity index (χ0) is 12.5. The van der Waals surface area contributed by atoms with Crippen LogP contribution in [0.15, 0.2) is 30.3 Å². The van der Waals surface area contributed by atoms with Crippen LogP contribution in [0.4, 0.5) is 0 Å². The zero-order valence-electron chi connectivity index (χ0n) is 10.2. The second-order valence-electron chi connectivity index (χ2n) is 3.70. The third-order valence-corrected chi connectivity index (χ3v) is 2.33. The van der Waals surface area contributed by atoms with Crippen molar-refractivity contribution < 1.29 is 9.47 Å². The van der Waals surface area contributed by atoms with Gasteiger partial charge in [0.15, 0.2) is 0 Å². The van der Waals surface area contributed by atoms with Gasteiger partial charge in [-0.25, -0.2) is 0 Å². The van der Waals surface area contributed by atoms with E-state index in [-0.39, 0.29) is 11.9 Å². The lowest BCUT2D eigenvalue weighted by molar-refractivity contribution is 0.00945. The molecule has 1 aromatic carbocycles. The molecular weight excluding hydrogens is 216 g/mol. The van der Waals surface area contributed by atoms with Crippen LogP contribution in [0.1, 0.15) is 25.0 Å². The molecule has 0 saturated heterocycles. The Labute approximate surface area is 102 Å². The number of hydrogen-bond acceptors (Lipinski definition) is 3. The molecule has 0 aliphatic carbocycles. The molecule has 0 aliphatic rings. The molecule has 0 saturated carbocycles. The van der Waals surface area contributed by atoms with E-state index in [4.69, 9.17) is 20.6 Å². The number of nitrogens with one attached hydrogen (secondary N) is 1. The first-order chi connectivity index (χ1) is 8.24. The maximum absolute atomic E-state index is 7.36. The summed E-state index contributed by atoms with van der Waals surface area (Å²) in [6.07, 6.45) is 0.255. The highest BCUT2D eigenvalue weighted by Crippen LogP contribution is 2.20. The van der Waals surface area contributed by atoms with Gasteiger partial charge in [0.05, 0.1) is 25.2 Å². The Morgan fingerprint density at radius 1 is 1.29 bits per heavy atom. The molecule has 1 rings (SSSR count). The summed E-state index contributed by atoms with van der Waals surface area (Å²) in [6, 6.07) is 9.82. The molecule has 0 aliphatic heterocycles. The van der Waals surface area contributed by atoms with Crippen LogP contribution in [0.2, 0.25) is 0 Å². The van der Waals surface area contributed by atoms with Gasteiger partial charge < -0.3 is 15.2 Å². The van der Waals surface area contributed by atoms with E-state index < -0.39 is 0 Å². The van der Waals surface area contributed by atoms with Crippen molar-refractivity contribution in [3.05, 3.63) is 35.9 Å². The first kappa shape index (κ1) is 13.7. The molecule has 94 valence electrons. The van der Waals surface area contributed by atoms with Gasteiger partial charge in [0.2, 0.25) is 0 Å². The van der Waals surface area contributed by atoms with E-state index in [1.807, 2.05) is 37.3 Å². The van der Waals surface area contributed by atoms with Gasteiger partial charge in [-0.15, -0.1) is 0 Å². The quantitative estimate of drug-likeness (QED) is 0.412. The lowest BCUT2D eigenvalue weighted by Crippen LogP contribution is -2.18. The first-order valence-corrected chi connectivity index (χ1v) is 5.81. The summed E-state index contributed by atoms with van der Waals surface area (Å²) in [5.74, 6) is 0.135. The van der Waals surface area contributed by atoms with Gasteiger partial charge in [-0.05, 0) is 12.5 Å². The van der Waals surface area contributed by atoms with Gasteiger partial charge in [0, 0.05) is 13.0 Å². The molecule has 4 heteroatoms. The summed E-state index contributed by atoms with van der Waals surface area (Å²) < 4.78 is 10.9. The van der Waals surface area contributed by atoms with Crippen LogP contribution in [-0.2, 0) is 9.47 Å². The highest BCUT2D eigenvalue weighted by molar-refractivity contribution is 5.77. The maximum atomic E-state index is 7.36. The first-order valence-electron chi connectivity index (χ1n) is 5.81. The zero-order valence-corrected chi connectivity index (χ0v) is 10.2. The minimum absolute atomic E-state index is 0.135. The van der Waals surface area contributed by atoms with Gasteiger partial charge in [-0.2, -0.15) is 0 Å². The fraction of sp³-hybridized carbons (Fsp3) is 0.462. The van der Waals surface area contributed by atoms with Gasteiger partial charge in [-0.3, -0.25) is 5.41 Å². The normalized spacial score (nSPS) is 12.3. The van der Waals surface area contributed by atoms with Crippen molar-refractivity contribution in [1.82, 2.24) is 0 Å². The third-order valence-electron chi connectivity index (χ3n) is 2.33. The summed E-state index contributed by atoms with van der Waals surface area (Å²) in [5.41, 5.74) is 6.47. The van der Waals surface area contributed by atoms with E-state index >= 15 is 0 Å². The molecule has 0 spiro atoms. The fourth-order valence-corrected chi connectivity index (χ4v) is 1.53. The lowest BCUT2D eigenvalue weighted by Gasteiger charge is -2.17. The maximum Gasteiger partial charge on any atom is 0.0934 e. The largest absolute Gasteiger partial charge is 0.388 e. The number of hydrogen-bond donors (Lipinski definition) is 2.